The number of carbonyl (C=O) groups excluding carboxylic acids is 2. The molecule has 0 saturated heterocycles. The van der Waals surface area contributed by atoms with Gasteiger partial charge in [-0.25, -0.2) is 0 Å². The molecule has 0 aliphatic heterocycles. The number of Topliss-reactive ketones (excluding diaryl/α,β-unsaturated/α-hetero) is 1. The number of hydrogen-bond donors (Lipinski definition) is 1. The van der Waals surface area contributed by atoms with E-state index in [1.165, 1.54) is 0 Å². The molecule has 1 aromatic heterocycles. The molecule has 1 aromatic rings. The third-order valence-electron chi connectivity index (χ3n) is 2.60. The van der Waals surface area contributed by atoms with Gasteiger partial charge in [0.15, 0.2) is 0 Å². The van der Waals surface area contributed by atoms with Gasteiger partial charge in [-0.05, 0) is 24.1 Å². The summed E-state index contributed by atoms with van der Waals surface area (Å²) in [5.74, 6) is -1.03. The largest absolute Gasteiger partial charge is 0.345 e. The Morgan fingerprint density at radius 2 is 2.00 bits per heavy atom. The van der Waals surface area contributed by atoms with Crippen molar-refractivity contribution in [3.05, 3.63) is 30.1 Å². The normalized spacial score (nSPS) is 11.9. The molecule has 0 saturated carbocycles. The summed E-state index contributed by atoms with van der Waals surface area (Å²) in [6, 6.07) is 3.61. The third kappa shape index (κ3) is 4.34. The summed E-state index contributed by atoms with van der Waals surface area (Å²) in [5, 5.41) is 2.62. The molecule has 1 heterocycles. The van der Waals surface area contributed by atoms with Gasteiger partial charge in [-0.15, -0.1) is 0 Å². The lowest BCUT2D eigenvalue weighted by molar-refractivity contribution is -0.140. The maximum atomic E-state index is 11.6. The van der Waals surface area contributed by atoms with Crippen molar-refractivity contribution in [1.29, 1.82) is 0 Å². The zero-order valence-corrected chi connectivity index (χ0v) is 10.3. The van der Waals surface area contributed by atoms with Gasteiger partial charge < -0.3 is 5.32 Å². The molecule has 0 aliphatic carbocycles. The van der Waals surface area contributed by atoms with Gasteiger partial charge in [-0.3, -0.25) is 14.6 Å². The number of rotatable bonds is 6. The van der Waals surface area contributed by atoms with E-state index in [2.05, 4.69) is 10.3 Å². The van der Waals surface area contributed by atoms with E-state index < -0.39 is 5.91 Å². The highest BCUT2D eigenvalue weighted by Gasteiger charge is 2.19. The SMILES string of the molecule is CCCC(C)C(=O)C(=O)NCc1ccncc1. The van der Waals surface area contributed by atoms with E-state index in [0.29, 0.717) is 6.54 Å². The Balaban J connectivity index is 2.42. The topological polar surface area (TPSA) is 59.1 Å². The second-order valence-corrected chi connectivity index (χ2v) is 4.09. The fourth-order valence-electron chi connectivity index (χ4n) is 1.56. The monoisotopic (exact) mass is 234 g/mol. The summed E-state index contributed by atoms with van der Waals surface area (Å²) in [7, 11) is 0. The molecule has 1 amide bonds. The molecule has 1 rings (SSSR count). The predicted molar refractivity (Wildman–Crippen MR) is 65.2 cm³/mol. The van der Waals surface area contributed by atoms with Crippen LogP contribution >= 0.6 is 0 Å². The van der Waals surface area contributed by atoms with E-state index in [1.807, 2.05) is 6.92 Å². The lowest BCUT2D eigenvalue weighted by Gasteiger charge is -2.09. The molecule has 4 nitrogen and oxygen atoms in total. The minimum absolute atomic E-state index is 0.197. The maximum Gasteiger partial charge on any atom is 0.287 e. The number of pyridine rings is 1. The Morgan fingerprint density at radius 3 is 2.59 bits per heavy atom. The van der Waals surface area contributed by atoms with Crippen molar-refractivity contribution in [2.24, 2.45) is 5.92 Å². The van der Waals surface area contributed by atoms with Gasteiger partial charge in [0.1, 0.15) is 0 Å². The first-order valence-corrected chi connectivity index (χ1v) is 5.86. The Hall–Kier alpha value is -1.71. The molecule has 1 N–H and O–H groups in total. The van der Waals surface area contributed by atoms with Gasteiger partial charge in [0.25, 0.3) is 5.91 Å². The van der Waals surface area contributed by atoms with Crippen LogP contribution in [0.2, 0.25) is 0 Å². The van der Waals surface area contributed by atoms with Crippen LogP contribution in [-0.2, 0) is 16.1 Å². The smallest absolute Gasteiger partial charge is 0.287 e. The van der Waals surface area contributed by atoms with Crippen molar-refractivity contribution >= 4 is 11.7 Å². The Morgan fingerprint density at radius 1 is 1.35 bits per heavy atom. The first-order chi connectivity index (χ1) is 8.15. The highest BCUT2D eigenvalue weighted by molar-refractivity contribution is 6.36. The van der Waals surface area contributed by atoms with Crippen LogP contribution in [0.5, 0.6) is 0 Å². The number of nitrogens with one attached hydrogen (secondary N) is 1. The molecule has 0 radical (unpaired) electrons. The van der Waals surface area contributed by atoms with E-state index in [1.54, 1.807) is 31.5 Å². The second-order valence-electron chi connectivity index (χ2n) is 4.09. The summed E-state index contributed by atoms with van der Waals surface area (Å²) in [4.78, 5) is 27.1. The number of carbonyl (C=O) groups is 2. The van der Waals surface area contributed by atoms with Gasteiger partial charge in [0, 0.05) is 24.9 Å². The van der Waals surface area contributed by atoms with Crippen LogP contribution in [0.1, 0.15) is 32.3 Å². The highest BCUT2D eigenvalue weighted by Crippen LogP contribution is 2.06. The molecule has 0 spiro atoms. The molecule has 0 aromatic carbocycles. The number of amides is 1. The van der Waals surface area contributed by atoms with Gasteiger partial charge in [0.2, 0.25) is 5.78 Å². The number of ketones is 1. The van der Waals surface area contributed by atoms with E-state index in [0.717, 1.165) is 18.4 Å². The Kier molecular flexibility index (Phi) is 5.33. The number of hydrogen-bond acceptors (Lipinski definition) is 3. The summed E-state index contributed by atoms with van der Waals surface area (Å²) in [5.41, 5.74) is 0.935. The van der Waals surface area contributed by atoms with Crippen LogP contribution in [0.25, 0.3) is 0 Å². The maximum absolute atomic E-state index is 11.6. The molecule has 1 atom stereocenters. The highest BCUT2D eigenvalue weighted by atomic mass is 16.2. The molecular weight excluding hydrogens is 216 g/mol. The molecule has 17 heavy (non-hydrogen) atoms. The molecule has 92 valence electrons. The Labute approximate surface area is 101 Å². The standard InChI is InChI=1S/C13H18N2O2/c1-3-4-10(2)12(16)13(17)15-9-11-5-7-14-8-6-11/h5-8,10H,3-4,9H2,1-2H3,(H,15,17). The molecule has 1 unspecified atom stereocenters. The zero-order chi connectivity index (χ0) is 12.7. The van der Waals surface area contributed by atoms with Crippen LogP contribution in [0, 0.1) is 5.92 Å². The fourth-order valence-corrected chi connectivity index (χ4v) is 1.56. The second kappa shape index (κ2) is 6.78. The van der Waals surface area contributed by atoms with Crippen LogP contribution in [0.3, 0.4) is 0 Å². The van der Waals surface area contributed by atoms with Crippen LogP contribution < -0.4 is 5.32 Å². The Bertz CT molecular complexity index is 376. The van der Waals surface area contributed by atoms with Gasteiger partial charge in [-0.1, -0.05) is 20.3 Å². The summed E-state index contributed by atoms with van der Waals surface area (Å²) in [6.07, 6.45) is 4.97. The van der Waals surface area contributed by atoms with Crippen LogP contribution in [0.15, 0.2) is 24.5 Å². The number of aromatic nitrogens is 1. The fraction of sp³-hybridized carbons (Fsp3) is 0.462. The van der Waals surface area contributed by atoms with Crippen LogP contribution in [0.4, 0.5) is 0 Å². The van der Waals surface area contributed by atoms with Crippen molar-refractivity contribution in [1.82, 2.24) is 10.3 Å². The minimum Gasteiger partial charge on any atom is -0.345 e. The van der Waals surface area contributed by atoms with Crippen molar-refractivity contribution in [3.63, 3.8) is 0 Å². The quantitative estimate of drug-likeness (QED) is 0.762. The summed E-state index contributed by atoms with van der Waals surface area (Å²) < 4.78 is 0. The third-order valence-corrected chi connectivity index (χ3v) is 2.60. The van der Waals surface area contributed by atoms with Crippen molar-refractivity contribution in [2.45, 2.75) is 33.2 Å². The average molecular weight is 234 g/mol. The molecule has 4 heteroatoms. The van der Waals surface area contributed by atoms with Crippen LogP contribution in [-0.4, -0.2) is 16.7 Å². The van der Waals surface area contributed by atoms with Gasteiger partial charge in [-0.2, -0.15) is 0 Å². The summed E-state index contributed by atoms with van der Waals surface area (Å²) in [6.45, 7) is 4.16. The van der Waals surface area contributed by atoms with E-state index in [4.69, 9.17) is 0 Å². The summed E-state index contributed by atoms with van der Waals surface area (Å²) >= 11 is 0. The number of nitrogens with zero attached hydrogens (tertiary/aromatic N) is 1. The lowest BCUT2D eigenvalue weighted by atomic mass is 10.0. The molecular formula is C13H18N2O2. The van der Waals surface area contributed by atoms with Crippen molar-refractivity contribution in [2.75, 3.05) is 0 Å². The average Bonchev–Trinajstić information content (AvgIpc) is 2.36. The van der Waals surface area contributed by atoms with Gasteiger partial charge in [0.05, 0.1) is 0 Å². The predicted octanol–water partition coefficient (Wildman–Crippen LogP) is 1.70. The minimum atomic E-state index is -0.497. The lowest BCUT2D eigenvalue weighted by Crippen LogP contribution is -2.34. The molecule has 0 bridgehead atoms. The van der Waals surface area contributed by atoms with Crippen molar-refractivity contribution in [3.8, 4) is 0 Å². The first-order valence-electron chi connectivity index (χ1n) is 5.86. The van der Waals surface area contributed by atoms with Crippen molar-refractivity contribution < 1.29 is 9.59 Å². The first kappa shape index (κ1) is 13.4. The molecule has 0 aliphatic rings. The van der Waals surface area contributed by atoms with E-state index >= 15 is 0 Å². The van der Waals surface area contributed by atoms with Gasteiger partial charge >= 0.3 is 0 Å². The van der Waals surface area contributed by atoms with E-state index in [-0.39, 0.29) is 11.7 Å². The zero-order valence-electron chi connectivity index (χ0n) is 10.3. The molecule has 0 fully saturated rings. The van der Waals surface area contributed by atoms with E-state index in [9.17, 15) is 9.59 Å².